The molecule has 1 aliphatic heterocycles. The van der Waals surface area contributed by atoms with Crippen LogP contribution in [0.2, 0.25) is 0 Å². The van der Waals surface area contributed by atoms with Crippen molar-refractivity contribution in [2.75, 3.05) is 23.4 Å². The molecule has 1 saturated heterocycles. The Kier molecular flexibility index (Phi) is 33.7. The molecule has 7 N–H and O–H groups in total. The summed E-state index contributed by atoms with van der Waals surface area (Å²) in [6.07, 6.45) is 8.47. The predicted octanol–water partition coefficient (Wildman–Crippen LogP) is 3.54. The van der Waals surface area contributed by atoms with Gasteiger partial charge in [0.05, 0.1) is 37.0 Å². The number of terminal acetylenes is 1. The van der Waals surface area contributed by atoms with Crippen molar-refractivity contribution >= 4 is 29.3 Å². The lowest BCUT2D eigenvalue weighted by atomic mass is 9.98. The molecule has 2 amide bonds. The molecule has 1 aromatic carbocycles. The molecule has 70 heavy (non-hydrogen) atoms. The van der Waals surface area contributed by atoms with Gasteiger partial charge in [0.2, 0.25) is 11.8 Å². The number of hydrogen-bond acceptors (Lipinski definition) is 10. The second-order valence-electron chi connectivity index (χ2n) is 15.3. The van der Waals surface area contributed by atoms with E-state index in [1.807, 2.05) is 6.07 Å². The van der Waals surface area contributed by atoms with E-state index in [0.717, 1.165) is 37.4 Å². The van der Waals surface area contributed by atoms with Gasteiger partial charge in [0.25, 0.3) is 0 Å². The van der Waals surface area contributed by atoms with Gasteiger partial charge < -0.3 is 45.6 Å². The van der Waals surface area contributed by atoms with E-state index >= 15 is 0 Å². The van der Waals surface area contributed by atoms with Crippen molar-refractivity contribution in [2.45, 2.75) is 146 Å². The van der Waals surface area contributed by atoms with Crippen LogP contribution in [0.15, 0.2) is 30.3 Å². The predicted molar refractivity (Wildman–Crippen MR) is 274 cm³/mol. The minimum absolute atomic E-state index is 0.0187. The maximum atomic E-state index is 13.0. The number of ether oxygens (including phenoxy) is 2. The molecule has 0 bridgehead atoms. The largest absolute Gasteiger partial charge is 0.390 e. The molecule has 12 heteroatoms. The first-order chi connectivity index (χ1) is 34.2. The zero-order valence-electron chi connectivity index (χ0n) is 39.4. The van der Waals surface area contributed by atoms with Gasteiger partial charge in [0.15, 0.2) is 6.29 Å². The van der Waals surface area contributed by atoms with Gasteiger partial charge in [0, 0.05) is 47.0 Å². The lowest BCUT2D eigenvalue weighted by Gasteiger charge is -2.41. The minimum atomic E-state index is -1.69. The molecule has 360 valence electrons. The normalized spacial score (nSPS) is 16.8. The average molecular weight is 959 g/mol. The quantitative estimate of drug-likeness (QED) is 0.0567. The van der Waals surface area contributed by atoms with Crippen molar-refractivity contribution in [1.29, 1.82) is 0 Å². The molecule has 1 fully saturated rings. The molecule has 1 heterocycles. The summed E-state index contributed by atoms with van der Waals surface area (Å²) in [7, 11) is 0. The maximum absolute atomic E-state index is 13.0. The van der Waals surface area contributed by atoms with Crippen molar-refractivity contribution in [3.63, 3.8) is 0 Å². The summed E-state index contributed by atoms with van der Waals surface area (Å²) < 4.78 is 11.6. The van der Waals surface area contributed by atoms with Crippen LogP contribution in [-0.4, -0.2) is 104 Å². The Hall–Kier alpha value is -7.05. The minimum Gasteiger partial charge on any atom is -0.390 e. The van der Waals surface area contributed by atoms with Crippen LogP contribution in [0, 0.1) is 143 Å². The highest BCUT2D eigenvalue weighted by molar-refractivity contribution is 8.00. The van der Waals surface area contributed by atoms with Crippen LogP contribution in [0.25, 0.3) is 0 Å². The van der Waals surface area contributed by atoms with E-state index in [2.05, 4.69) is 154 Å². The van der Waals surface area contributed by atoms with E-state index in [4.69, 9.17) is 15.9 Å². The molecular weight excluding hydrogens is 901 g/mol. The van der Waals surface area contributed by atoms with E-state index in [1.165, 1.54) is 44.9 Å². The first kappa shape index (κ1) is 59.1. The second-order valence-corrected chi connectivity index (χ2v) is 16.3. The van der Waals surface area contributed by atoms with E-state index in [-0.39, 0.29) is 30.3 Å². The summed E-state index contributed by atoms with van der Waals surface area (Å²) in [6.45, 7) is 1.77. The van der Waals surface area contributed by atoms with E-state index < -0.39 is 61.5 Å². The van der Waals surface area contributed by atoms with Gasteiger partial charge in [0.1, 0.15) is 24.4 Å². The average Bonchev–Trinajstić information content (AvgIpc) is 3.36. The van der Waals surface area contributed by atoms with Crippen LogP contribution in [0.1, 0.15) is 96.8 Å². The Bertz CT molecular complexity index is 2580. The summed E-state index contributed by atoms with van der Waals surface area (Å²) in [5.41, 5.74) is 0.625. The van der Waals surface area contributed by atoms with Crippen molar-refractivity contribution in [3.05, 3.63) is 30.3 Å². The molecule has 0 aliphatic carbocycles. The molecule has 11 nitrogen and oxygen atoms in total. The van der Waals surface area contributed by atoms with E-state index in [0.29, 0.717) is 12.1 Å². The topological polar surface area (TPSA) is 178 Å². The number of aliphatic hydroxyl groups is 5. The van der Waals surface area contributed by atoms with Gasteiger partial charge in [-0.15, -0.1) is 18.2 Å². The number of amides is 2. The third-order valence-corrected chi connectivity index (χ3v) is 10.9. The Morgan fingerprint density at radius 1 is 0.643 bits per heavy atom. The number of rotatable bonds is 25. The number of anilines is 1. The molecule has 0 radical (unpaired) electrons. The molecule has 0 aromatic heterocycles. The summed E-state index contributed by atoms with van der Waals surface area (Å²) >= 11 is 1.14. The third-order valence-electron chi connectivity index (χ3n) is 9.85. The van der Waals surface area contributed by atoms with Crippen LogP contribution in [0.4, 0.5) is 5.69 Å². The highest BCUT2D eigenvalue weighted by Gasteiger charge is 2.44. The molecule has 0 saturated carbocycles. The summed E-state index contributed by atoms with van der Waals surface area (Å²) in [6, 6.07) is 7.71. The van der Waals surface area contributed by atoms with Crippen molar-refractivity contribution in [3.8, 4) is 143 Å². The van der Waals surface area contributed by atoms with Gasteiger partial charge in [-0.25, -0.2) is 0 Å². The number of aliphatic hydroxyl groups excluding tert-OH is 5. The van der Waals surface area contributed by atoms with Crippen molar-refractivity contribution in [2.24, 2.45) is 0 Å². The van der Waals surface area contributed by atoms with Crippen LogP contribution in [0.3, 0.4) is 0 Å². The number of nitrogens with one attached hydrogen (secondary N) is 2. The first-order valence-corrected chi connectivity index (χ1v) is 24.2. The fraction of sp³-hybridized carbons (Fsp3) is 0.448. The number of unbranched alkanes of at least 4 members (excludes halogenated alkanes) is 11. The fourth-order valence-electron chi connectivity index (χ4n) is 6.29. The summed E-state index contributed by atoms with van der Waals surface area (Å²) in [4.78, 5) is 25.5. The highest BCUT2D eigenvalue weighted by atomic mass is 32.2. The van der Waals surface area contributed by atoms with E-state index in [1.54, 1.807) is 24.3 Å². The number of hydrogen-bond donors (Lipinski definition) is 7. The van der Waals surface area contributed by atoms with E-state index in [9.17, 15) is 35.1 Å². The van der Waals surface area contributed by atoms with Crippen LogP contribution < -0.4 is 10.6 Å². The van der Waals surface area contributed by atoms with Gasteiger partial charge >= 0.3 is 0 Å². The summed E-state index contributed by atoms with van der Waals surface area (Å²) in [5.74, 6) is 55.9. The van der Waals surface area contributed by atoms with Gasteiger partial charge in [-0.3, -0.25) is 9.59 Å². The molecule has 1 aromatic rings. The van der Waals surface area contributed by atoms with Crippen LogP contribution in [0.5, 0.6) is 0 Å². The SMILES string of the molecule is C#CC#CC#CC#CC#CC#CC#CC#CC#CC#CC#CC#CCC(=O)N[C@@H](CO[C@H]1OC(CSCC(=O)Nc2ccccc2)[C@H](O)[C@H](O)C1O)[C@H](O)[C@H](O)CCCCCCCCCCCCCC. The number of para-hydroxylation sites is 1. The maximum Gasteiger partial charge on any atom is 0.234 e. The fourth-order valence-corrected chi connectivity index (χ4v) is 7.18. The van der Waals surface area contributed by atoms with Gasteiger partial charge in [-0.2, -0.15) is 0 Å². The van der Waals surface area contributed by atoms with Crippen LogP contribution in [-0.2, 0) is 19.1 Å². The Morgan fingerprint density at radius 3 is 1.61 bits per heavy atom. The molecule has 1 aliphatic rings. The molecule has 8 atom stereocenters. The van der Waals surface area contributed by atoms with Crippen molar-refractivity contribution < 1.29 is 44.6 Å². The monoisotopic (exact) mass is 958 g/mol. The summed E-state index contributed by atoms with van der Waals surface area (Å²) in [5, 5.41) is 59.8. The smallest absolute Gasteiger partial charge is 0.234 e. The third kappa shape index (κ3) is 29.0. The lowest BCUT2D eigenvalue weighted by molar-refractivity contribution is -0.294. The molecule has 2 rings (SSSR count). The number of carbonyl (C=O) groups is 2. The number of carbonyl (C=O) groups excluding carboxylic acids is 2. The zero-order chi connectivity index (χ0) is 50.7. The standard InChI is InChI=1S/C58H58N2O9S/c1-3-5-7-9-11-13-15-17-18-19-20-21-22-23-24-25-26-27-29-31-33-35-40-44-52(62)60-49(54(64)50(61)43-39-34-32-30-28-16-14-12-10-8-6-4-2)45-68-58-57(67)56(66)55(65)51(69-58)46-70-47-53(63)59-48-41-37-36-38-42-48/h1,36-38,41-42,49-51,54-58,61,64-67H,4,6,8,10,12,14,16,28,30,32,34,39,43-47H2,2H3,(H,59,63)(H,60,62)/t49-,50+,51?,54-,55-,56-,57?,58-/m0/s1. The Labute approximate surface area is 419 Å². The number of thioether (sulfide) groups is 1. The molecular formula is C58H58N2O9S. The molecule has 2 unspecified atom stereocenters. The zero-order valence-corrected chi connectivity index (χ0v) is 40.2. The van der Waals surface area contributed by atoms with Crippen molar-refractivity contribution in [1.82, 2.24) is 5.32 Å². The molecule has 0 spiro atoms. The van der Waals surface area contributed by atoms with Crippen LogP contribution >= 0.6 is 11.8 Å². The van der Waals surface area contributed by atoms with Gasteiger partial charge in [-0.05, 0) is 113 Å². The highest BCUT2D eigenvalue weighted by Crippen LogP contribution is 2.25. The Balaban J connectivity index is 1.97. The second kappa shape index (κ2) is 39.9. The number of benzene rings is 1. The first-order valence-electron chi connectivity index (χ1n) is 23.0. The lowest BCUT2D eigenvalue weighted by Crippen LogP contribution is -2.60. The van der Waals surface area contributed by atoms with Gasteiger partial charge in [-0.1, -0.05) is 108 Å². The Morgan fingerprint density at radius 2 is 1.11 bits per heavy atom.